The highest BCUT2D eigenvalue weighted by molar-refractivity contribution is 7.17. The topological polar surface area (TPSA) is 43.6 Å². The molecule has 0 N–H and O–H groups in total. The van der Waals surface area contributed by atoms with Gasteiger partial charge in [0.05, 0.1) is 16.8 Å². The Morgan fingerprint density at radius 1 is 1.56 bits per heavy atom. The average Bonchev–Trinajstić information content (AvgIpc) is 2.68. The molecule has 0 saturated carbocycles. The summed E-state index contributed by atoms with van der Waals surface area (Å²) >= 11 is 7.58. The number of fused-ring (bicyclic) bond motifs is 1. The number of amides is 1. The van der Waals surface area contributed by atoms with Crippen molar-refractivity contribution in [3.05, 3.63) is 22.0 Å². The summed E-state index contributed by atoms with van der Waals surface area (Å²) in [5, 5.41) is 0.642. The van der Waals surface area contributed by atoms with E-state index in [1.807, 2.05) is 17.6 Å². The molecule has 1 aromatic heterocycles. The van der Waals surface area contributed by atoms with Crippen LogP contribution in [0.3, 0.4) is 0 Å². The number of aryl methyl sites for hydroxylation is 1. The lowest BCUT2D eigenvalue weighted by Crippen LogP contribution is -2.15. The highest BCUT2D eigenvalue weighted by Crippen LogP contribution is 2.33. The Bertz CT molecular complexity index is 673. The van der Waals surface area contributed by atoms with Crippen molar-refractivity contribution in [2.75, 3.05) is 7.11 Å². The van der Waals surface area contributed by atoms with E-state index in [0.29, 0.717) is 16.4 Å². The third-order valence-electron chi connectivity index (χ3n) is 2.53. The summed E-state index contributed by atoms with van der Waals surface area (Å²) < 4.78 is 8.17. The zero-order valence-corrected chi connectivity index (χ0v) is 11.9. The fraction of sp³-hybridized carbons (Fsp3) is 0.333. The fourth-order valence-corrected chi connectivity index (χ4v) is 3.23. The zero-order chi connectivity index (χ0) is 13.3. The molecule has 0 aliphatic heterocycles. The molecule has 1 heterocycles. The van der Waals surface area contributed by atoms with Gasteiger partial charge in [-0.2, -0.15) is 4.99 Å². The van der Waals surface area contributed by atoms with Crippen LogP contribution in [0.2, 0.25) is 5.02 Å². The molecule has 1 aromatic carbocycles. The quantitative estimate of drug-likeness (QED) is 0.851. The minimum atomic E-state index is -0.223. The molecule has 0 aliphatic carbocycles. The van der Waals surface area contributed by atoms with E-state index >= 15 is 0 Å². The molecule has 1 amide bonds. The number of nitrogens with zero attached hydrogens (tertiary/aromatic N) is 2. The third-order valence-corrected chi connectivity index (χ3v) is 4.07. The number of rotatable bonds is 2. The van der Waals surface area contributed by atoms with Gasteiger partial charge in [-0.1, -0.05) is 22.9 Å². The summed E-state index contributed by atoms with van der Waals surface area (Å²) in [6, 6.07) is 3.61. The van der Waals surface area contributed by atoms with E-state index in [2.05, 4.69) is 4.99 Å². The number of hydrogen-bond acceptors (Lipinski definition) is 3. The number of halogens is 1. The van der Waals surface area contributed by atoms with Crippen LogP contribution in [0, 0.1) is 0 Å². The summed E-state index contributed by atoms with van der Waals surface area (Å²) in [5.41, 5.74) is 0.887. The van der Waals surface area contributed by atoms with E-state index in [4.69, 9.17) is 16.3 Å². The van der Waals surface area contributed by atoms with Crippen LogP contribution in [-0.2, 0) is 11.3 Å². The molecule has 96 valence electrons. The summed E-state index contributed by atoms with van der Waals surface area (Å²) in [6.07, 6.45) is 0. The minimum Gasteiger partial charge on any atom is -0.495 e. The lowest BCUT2D eigenvalue weighted by atomic mass is 10.3. The first-order valence-corrected chi connectivity index (χ1v) is 6.69. The molecule has 0 radical (unpaired) electrons. The molecular formula is C12H13ClN2O2S. The van der Waals surface area contributed by atoms with Crippen molar-refractivity contribution in [2.45, 2.75) is 20.4 Å². The average molecular weight is 285 g/mol. The maximum atomic E-state index is 11.2. The van der Waals surface area contributed by atoms with Gasteiger partial charge in [-0.15, -0.1) is 0 Å². The number of aromatic nitrogens is 1. The van der Waals surface area contributed by atoms with Crippen LogP contribution in [0.1, 0.15) is 13.8 Å². The van der Waals surface area contributed by atoms with Gasteiger partial charge in [-0.05, 0) is 19.1 Å². The van der Waals surface area contributed by atoms with Gasteiger partial charge in [-0.25, -0.2) is 0 Å². The highest BCUT2D eigenvalue weighted by atomic mass is 35.5. The van der Waals surface area contributed by atoms with Gasteiger partial charge in [0.1, 0.15) is 11.3 Å². The molecule has 0 unspecified atom stereocenters. The summed E-state index contributed by atoms with van der Waals surface area (Å²) in [4.78, 5) is 15.8. The second kappa shape index (κ2) is 5.12. The van der Waals surface area contributed by atoms with Crippen LogP contribution < -0.4 is 9.54 Å². The Labute approximate surface area is 113 Å². The molecule has 6 heteroatoms. The summed E-state index contributed by atoms with van der Waals surface area (Å²) in [5.74, 6) is 0.511. The van der Waals surface area contributed by atoms with Crippen LogP contribution in [0.25, 0.3) is 10.2 Å². The number of hydrogen-bond donors (Lipinski definition) is 0. The molecule has 0 aliphatic rings. The lowest BCUT2D eigenvalue weighted by Gasteiger charge is -2.06. The smallest absolute Gasteiger partial charge is 0.245 e. The molecular weight excluding hydrogens is 272 g/mol. The maximum Gasteiger partial charge on any atom is 0.245 e. The monoisotopic (exact) mass is 284 g/mol. The van der Waals surface area contributed by atoms with Gasteiger partial charge in [0, 0.05) is 13.5 Å². The van der Waals surface area contributed by atoms with Crippen molar-refractivity contribution in [3.63, 3.8) is 0 Å². The number of carbonyl (C=O) groups is 1. The largest absolute Gasteiger partial charge is 0.495 e. The van der Waals surface area contributed by atoms with Crippen molar-refractivity contribution in [1.82, 2.24) is 4.57 Å². The molecule has 0 spiro atoms. The van der Waals surface area contributed by atoms with Gasteiger partial charge < -0.3 is 9.30 Å². The van der Waals surface area contributed by atoms with E-state index in [9.17, 15) is 4.79 Å². The Balaban J connectivity index is 2.93. The molecule has 2 rings (SSSR count). The number of methoxy groups -OCH3 is 1. The van der Waals surface area contributed by atoms with E-state index in [0.717, 1.165) is 16.0 Å². The summed E-state index contributed by atoms with van der Waals surface area (Å²) in [7, 11) is 1.61. The molecule has 0 bridgehead atoms. The molecule has 2 aromatic rings. The second-order valence-corrected chi connectivity index (χ2v) is 5.07. The van der Waals surface area contributed by atoms with Crippen LogP contribution in [0.4, 0.5) is 0 Å². The van der Waals surface area contributed by atoms with E-state index in [-0.39, 0.29) is 5.91 Å². The van der Waals surface area contributed by atoms with Gasteiger partial charge in [0.15, 0.2) is 4.80 Å². The Morgan fingerprint density at radius 3 is 2.83 bits per heavy atom. The SMILES string of the molecule is CCn1c(=NC(C)=O)sc2c(Cl)ccc(OC)c21. The molecule has 0 fully saturated rings. The van der Waals surface area contributed by atoms with E-state index < -0.39 is 0 Å². The van der Waals surface area contributed by atoms with Crippen molar-refractivity contribution in [2.24, 2.45) is 4.99 Å². The number of thiazole rings is 1. The summed E-state index contributed by atoms with van der Waals surface area (Å²) in [6.45, 7) is 4.12. The predicted molar refractivity (Wildman–Crippen MR) is 73.3 cm³/mol. The number of ether oxygens (including phenoxy) is 1. The molecule has 4 nitrogen and oxygen atoms in total. The van der Waals surface area contributed by atoms with Crippen molar-refractivity contribution < 1.29 is 9.53 Å². The predicted octanol–water partition coefficient (Wildman–Crippen LogP) is 2.83. The van der Waals surface area contributed by atoms with Crippen molar-refractivity contribution in [3.8, 4) is 5.75 Å². The molecule has 18 heavy (non-hydrogen) atoms. The fourth-order valence-electron chi connectivity index (χ4n) is 1.80. The highest BCUT2D eigenvalue weighted by Gasteiger charge is 2.13. The van der Waals surface area contributed by atoms with Crippen LogP contribution in [0.15, 0.2) is 17.1 Å². The molecule has 0 saturated heterocycles. The first-order chi connectivity index (χ1) is 8.58. The van der Waals surface area contributed by atoms with Gasteiger partial charge in [0.2, 0.25) is 5.91 Å². The van der Waals surface area contributed by atoms with Gasteiger partial charge in [-0.3, -0.25) is 4.79 Å². The third kappa shape index (κ3) is 2.15. The van der Waals surface area contributed by atoms with Gasteiger partial charge >= 0.3 is 0 Å². The first kappa shape index (κ1) is 13.1. The standard InChI is InChI=1S/C12H13ClN2O2S/c1-4-15-10-9(17-3)6-5-8(13)11(10)18-12(15)14-7(2)16/h5-6H,4H2,1-3H3. The van der Waals surface area contributed by atoms with Crippen LogP contribution >= 0.6 is 22.9 Å². The maximum absolute atomic E-state index is 11.2. The van der Waals surface area contributed by atoms with E-state index in [1.54, 1.807) is 13.2 Å². The number of carbonyl (C=O) groups excluding carboxylic acids is 1. The van der Waals surface area contributed by atoms with E-state index in [1.165, 1.54) is 18.3 Å². The first-order valence-electron chi connectivity index (χ1n) is 5.49. The van der Waals surface area contributed by atoms with Crippen LogP contribution in [-0.4, -0.2) is 17.6 Å². The minimum absolute atomic E-state index is 0.223. The van der Waals surface area contributed by atoms with Crippen molar-refractivity contribution in [1.29, 1.82) is 0 Å². The van der Waals surface area contributed by atoms with Crippen molar-refractivity contribution >= 4 is 39.1 Å². The molecule has 0 atom stereocenters. The Kier molecular flexibility index (Phi) is 3.73. The zero-order valence-electron chi connectivity index (χ0n) is 10.4. The van der Waals surface area contributed by atoms with Gasteiger partial charge in [0.25, 0.3) is 0 Å². The second-order valence-electron chi connectivity index (χ2n) is 3.69. The lowest BCUT2D eigenvalue weighted by molar-refractivity contribution is -0.116. The Hall–Kier alpha value is -1.33. The number of benzene rings is 1. The normalized spacial score (nSPS) is 12.1. The van der Waals surface area contributed by atoms with Crippen LogP contribution in [0.5, 0.6) is 5.75 Å². The Morgan fingerprint density at radius 2 is 2.28 bits per heavy atom.